The number of nitrogens with one attached hydrogen (secondary N) is 4. The summed E-state index contributed by atoms with van der Waals surface area (Å²) in [5.74, 6) is -0.767. The summed E-state index contributed by atoms with van der Waals surface area (Å²) < 4.78 is 6.25. The molecule has 7 rings (SSSR count). The van der Waals surface area contributed by atoms with Gasteiger partial charge in [0, 0.05) is 48.1 Å². The van der Waals surface area contributed by atoms with Gasteiger partial charge in [-0.1, -0.05) is 93.1 Å². The van der Waals surface area contributed by atoms with Crippen LogP contribution in [0.4, 0.5) is 5.69 Å². The van der Waals surface area contributed by atoms with E-state index in [1.165, 1.54) is 11.8 Å². The summed E-state index contributed by atoms with van der Waals surface area (Å²) >= 11 is 0. The van der Waals surface area contributed by atoms with Crippen LogP contribution in [0.2, 0.25) is 0 Å². The van der Waals surface area contributed by atoms with Gasteiger partial charge in [-0.15, -0.1) is 0 Å². The third-order valence-electron chi connectivity index (χ3n) is 13.1. The predicted octanol–water partition coefficient (Wildman–Crippen LogP) is 7.48. The summed E-state index contributed by atoms with van der Waals surface area (Å²) in [5.41, 5.74) is 3.65. The van der Waals surface area contributed by atoms with Gasteiger partial charge in [0.25, 0.3) is 11.8 Å². The van der Waals surface area contributed by atoms with Crippen molar-refractivity contribution in [1.29, 1.82) is 5.41 Å². The first-order chi connectivity index (χ1) is 26.0. The maximum atomic E-state index is 14.3. The SMILES string of the molecule is CCC(=O)O[C@]1(C(=O)NCc2ccccc2)CCC2C3CCC4=CC(Nc5cccc(C(=O)NCc6ccccc6)c5)=C(C=N)CC4(C)C3C(O)CC21C. The number of carbonyl (C=O) groups is 3. The van der Waals surface area contributed by atoms with Gasteiger partial charge in [0.2, 0.25) is 0 Å². The molecule has 3 fully saturated rings. The number of anilines is 1. The Morgan fingerprint density at radius 3 is 2.28 bits per heavy atom. The number of benzene rings is 3. The Kier molecular flexibility index (Phi) is 10.4. The highest BCUT2D eigenvalue weighted by molar-refractivity contribution is 5.95. The zero-order valence-corrected chi connectivity index (χ0v) is 31.5. The van der Waals surface area contributed by atoms with Crippen LogP contribution >= 0.6 is 0 Å². The summed E-state index contributed by atoms with van der Waals surface area (Å²) in [5, 5.41) is 30.4. The number of aliphatic hydroxyl groups excluding tert-OH is 1. The average Bonchev–Trinajstić information content (AvgIpc) is 3.48. The first-order valence-electron chi connectivity index (χ1n) is 19.4. The highest BCUT2D eigenvalue weighted by Gasteiger charge is 2.70. The molecule has 3 aromatic rings. The lowest BCUT2D eigenvalue weighted by atomic mass is 9.45. The van der Waals surface area contributed by atoms with Gasteiger partial charge in [-0.25, -0.2) is 0 Å². The zero-order chi connectivity index (χ0) is 38.1. The lowest BCUT2D eigenvalue weighted by molar-refractivity contribution is -0.201. The number of amides is 2. The molecular weight excluding hydrogens is 677 g/mol. The van der Waals surface area contributed by atoms with Gasteiger partial charge in [-0.2, -0.15) is 0 Å². The minimum atomic E-state index is -1.38. The van der Waals surface area contributed by atoms with Crippen LogP contribution in [0.15, 0.2) is 108 Å². The first-order valence-corrected chi connectivity index (χ1v) is 19.4. The lowest BCUT2D eigenvalue weighted by Gasteiger charge is -2.60. The van der Waals surface area contributed by atoms with E-state index in [0.29, 0.717) is 37.9 Å². The monoisotopic (exact) mass is 728 g/mol. The number of hydrogen-bond acceptors (Lipinski definition) is 7. The number of allylic oxidation sites excluding steroid dienone is 3. The Morgan fingerprint density at radius 1 is 0.926 bits per heavy atom. The number of aliphatic hydroxyl groups is 1. The number of fused-ring (bicyclic) bond motifs is 5. The van der Waals surface area contributed by atoms with E-state index in [4.69, 9.17) is 10.1 Å². The predicted molar refractivity (Wildman–Crippen MR) is 209 cm³/mol. The molecule has 4 aliphatic rings. The van der Waals surface area contributed by atoms with Crippen LogP contribution in [0.1, 0.15) is 87.2 Å². The van der Waals surface area contributed by atoms with Crippen LogP contribution in [0.3, 0.4) is 0 Å². The van der Waals surface area contributed by atoms with Crippen molar-refractivity contribution in [2.24, 2.45) is 28.6 Å². The molecule has 9 nitrogen and oxygen atoms in total. The van der Waals surface area contributed by atoms with Crippen LogP contribution in [-0.2, 0) is 27.4 Å². The minimum absolute atomic E-state index is 0.0686. The van der Waals surface area contributed by atoms with E-state index in [-0.39, 0.29) is 36.0 Å². The molecule has 7 atom stereocenters. The lowest BCUT2D eigenvalue weighted by Crippen LogP contribution is -2.64. The molecule has 0 radical (unpaired) electrons. The molecule has 282 valence electrons. The molecule has 54 heavy (non-hydrogen) atoms. The third-order valence-corrected chi connectivity index (χ3v) is 13.1. The standard InChI is InChI=1S/C45H52N4O5/c1-4-39(51)54-45(42(53)48-28-30-14-9-6-10-15-30)21-20-36-35-19-18-33-23-37(32(26-46)24-43(33,2)40(35)38(50)25-44(36,45)3)49-34-17-11-16-31(22-34)41(52)47-27-29-12-7-5-8-13-29/h5-17,22-23,26,35-36,38,40,46,49-50H,4,18-21,24-25,27-28H2,1-3H3,(H,47,52)(H,48,53)/t35?,36?,38?,40?,43?,44?,45-/m0/s1. The van der Waals surface area contributed by atoms with Gasteiger partial charge < -0.3 is 31.2 Å². The largest absolute Gasteiger partial charge is 0.448 e. The van der Waals surface area contributed by atoms with Gasteiger partial charge in [-0.05, 0) is 103 Å². The number of esters is 1. The van der Waals surface area contributed by atoms with Crippen LogP contribution in [0.5, 0.6) is 0 Å². The summed E-state index contributed by atoms with van der Waals surface area (Å²) in [6, 6.07) is 26.9. The Hall–Kier alpha value is -5.02. The van der Waals surface area contributed by atoms with E-state index in [9.17, 15) is 19.5 Å². The highest BCUT2D eigenvalue weighted by Crippen LogP contribution is 2.68. The Morgan fingerprint density at radius 2 is 1.61 bits per heavy atom. The van der Waals surface area contributed by atoms with Crippen LogP contribution < -0.4 is 16.0 Å². The molecule has 0 bridgehead atoms. The Balaban J connectivity index is 1.11. The number of hydrogen-bond donors (Lipinski definition) is 5. The average molecular weight is 729 g/mol. The van der Waals surface area contributed by atoms with Gasteiger partial charge in [-0.3, -0.25) is 14.4 Å². The second-order valence-corrected chi connectivity index (χ2v) is 16.1. The summed E-state index contributed by atoms with van der Waals surface area (Å²) in [7, 11) is 0. The van der Waals surface area contributed by atoms with Crippen LogP contribution in [0.25, 0.3) is 0 Å². The molecule has 0 aliphatic heterocycles. The van der Waals surface area contributed by atoms with Crippen molar-refractivity contribution in [3.05, 3.63) is 125 Å². The molecule has 0 saturated heterocycles. The fourth-order valence-electron chi connectivity index (χ4n) is 10.5. The molecule has 4 aliphatic carbocycles. The highest BCUT2D eigenvalue weighted by atomic mass is 16.6. The molecule has 0 heterocycles. The van der Waals surface area contributed by atoms with E-state index < -0.39 is 28.5 Å². The van der Waals surface area contributed by atoms with E-state index in [0.717, 1.165) is 47.3 Å². The molecule has 3 aromatic carbocycles. The molecule has 5 N–H and O–H groups in total. The van der Waals surface area contributed by atoms with Crippen LogP contribution in [0, 0.1) is 34.0 Å². The normalized spacial score (nSPS) is 29.8. The quantitative estimate of drug-likeness (QED) is 0.102. The van der Waals surface area contributed by atoms with E-state index in [2.05, 4.69) is 35.9 Å². The van der Waals surface area contributed by atoms with Crippen molar-refractivity contribution in [1.82, 2.24) is 10.6 Å². The Bertz CT molecular complexity index is 1980. The number of rotatable bonds is 11. The summed E-state index contributed by atoms with van der Waals surface area (Å²) in [6.07, 6.45) is 6.71. The maximum Gasteiger partial charge on any atom is 0.306 e. The number of ether oxygens (including phenoxy) is 1. The molecule has 2 amide bonds. The molecule has 9 heteroatoms. The van der Waals surface area contributed by atoms with Gasteiger partial charge in [0.1, 0.15) is 0 Å². The van der Waals surface area contributed by atoms with Crippen molar-refractivity contribution in [3.8, 4) is 0 Å². The molecule has 0 spiro atoms. The fraction of sp³-hybridized carbons (Fsp3) is 0.422. The maximum absolute atomic E-state index is 14.3. The third kappa shape index (κ3) is 6.68. The van der Waals surface area contributed by atoms with Gasteiger partial charge in [0.15, 0.2) is 5.60 Å². The summed E-state index contributed by atoms with van der Waals surface area (Å²) in [4.78, 5) is 40.3. The Labute approximate surface area is 318 Å². The van der Waals surface area contributed by atoms with E-state index >= 15 is 0 Å². The van der Waals surface area contributed by atoms with Crippen molar-refractivity contribution in [3.63, 3.8) is 0 Å². The smallest absolute Gasteiger partial charge is 0.306 e. The first kappa shape index (κ1) is 37.3. The van der Waals surface area contributed by atoms with Gasteiger partial charge in [0.05, 0.1) is 6.10 Å². The molecule has 3 saturated carbocycles. The van der Waals surface area contributed by atoms with Crippen molar-refractivity contribution >= 4 is 29.7 Å². The molecule has 0 aromatic heterocycles. The number of carbonyl (C=O) groups excluding carboxylic acids is 3. The fourth-order valence-corrected chi connectivity index (χ4v) is 10.5. The van der Waals surface area contributed by atoms with Crippen LogP contribution in [-0.4, -0.2) is 40.8 Å². The molecule has 6 unspecified atom stereocenters. The van der Waals surface area contributed by atoms with Crippen molar-refractivity contribution in [2.75, 3.05) is 5.32 Å². The second kappa shape index (κ2) is 15.0. The van der Waals surface area contributed by atoms with Gasteiger partial charge >= 0.3 is 5.97 Å². The zero-order valence-electron chi connectivity index (χ0n) is 31.5. The van der Waals surface area contributed by atoms with Crippen molar-refractivity contribution in [2.45, 2.75) is 90.5 Å². The topological polar surface area (TPSA) is 141 Å². The van der Waals surface area contributed by atoms with E-state index in [1.807, 2.05) is 78.9 Å². The van der Waals surface area contributed by atoms with Crippen molar-refractivity contribution < 1.29 is 24.2 Å². The molecular formula is C45H52N4O5. The minimum Gasteiger partial charge on any atom is -0.448 e. The second-order valence-electron chi connectivity index (χ2n) is 16.1. The summed E-state index contributed by atoms with van der Waals surface area (Å²) in [6.45, 7) is 6.80. The van der Waals surface area contributed by atoms with E-state index in [1.54, 1.807) is 13.0 Å².